The smallest absolute Gasteiger partial charge is 0.435 e. The third-order valence-corrected chi connectivity index (χ3v) is 6.06. The van der Waals surface area contributed by atoms with Crippen molar-refractivity contribution in [2.45, 2.75) is 12.6 Å². The van der Waals surface area contributed by atoms with Crippen molar-refractivity contribution in [3.8, 4) is 11.4 Å². The van der Waals surface area contributed by atoms with Crippen LogP contribution in [0, 0.1) is 0 Å². The largest absolute Gasteiger partial charge is 0.497 e. The summed E-state index contributed by atoms with van der Waals surface area (Å²) >= 11 is 0. The molecule has 4 rings (SSSR count). The topological polar surface area (TPSA) is 97.1 Å². The van der Waals surface area contributed by atoms with Crippen molar-refractivity contribution in [3.05, 3.63) is 65.5 Å². The zero-order valence-electron chi connectivity index (χ0n) is 19.5. The lowest BCUT2D eigenvalue weighted by Gasteiger charge is -2.28. The van der Waals surface area contributed by atoms with Crippen LogP contribution in [0.5, 0.6) is 5.75 Å². The average molecular weight is 522 g/mol. The van der Waals surface area contributed by atoms with Gasteiger partial charge in [0.1, 0.15) is 17.8 Å². The number of alkyl halides is 3. The molecular formula is C23H22F3N5O4S. The maximum atomic E-state index is 13.8. The van der Waals surface area contributed by atoms with E-state index in [4.69, 9.17) is 4.74 Å². The van der Waals surface area contributed by atoms with Gasteiger partial charge in [0.25, 0.3) is 15.9 Å². The molecule has 0 spiro atoms. The van der Waals surface area contributed by atoms with Gasteiger partial charge in [-0.05, 0) is 55.0 Å². The summed E-state index contributed by atoms with van der Waals surface area (Å²) < 4.78 is 73.3. The second kappa shape index (κ2) is 9.30. The van der Waals surface area contributed by atoms with Gasteiger partial charge in [-0.15, -0.1) is 0 Å². The van der Waals surface area contributed by atoms with Gasteiger partial charge in [-0.25, -0.2) is 13.1 Å². The number of nitrogens with zero attached hydrogens (tertiary/aromatic N) is 5. The molecule has 1 amide bonds. The average Bonchev–Trinajstić information content (AvgIpc) is 3.24. The summed E-state index contributed by atoms with van der Waals surface area (Å²) in [4.78, 5) is 16.4. The van der Waals surface area contributed by atoms with E-state index in [-0.39, 0.29) is 24.2 Å². The van der Waals surface area contributed by atoms with E-state index in [2.05, 4.69) is 9.50 Å². The van der Waals surface area contributed by atoms with Crippen molar-refractivity contribution < 1.29 is 31.1 Å². The summed E-state index contributed by atoms with van der Waals surface area (Å²) in [6.45, 7) is 0.0357. The number of anilines is 2. The molecule has 0 fully saturated rings. The molecule has 0 aliphatic carbocycles. The van der Waals surface area contributed by atoms with Gasteiger partial charge in [-0.2, -0.15) is 22.7 Å². The highest BCUT2D eigenvalue weighted by Gasteiger charge is 2.43. The number of methoxy groups -OCH3 is 1. The summed E-state index contributed by atoms with van der Waals surface area (Å²) in [5.41, 5.74) is -0.0192. The van der Waals surface area contributed by atoms with Crippen molar-refractivity contribution in [3.63, 3.8) is 0 Å². The van der Waals surface area contributed by atoms with Gasteiger partial charge in [0.2, 0.25) is 0 Å². The number of carbonyl (C=O) groups excluding carboxylic acids is 1. The number of benzene rings is 2. The summed E-state index contributed by atoms with van der Waals surface area (Å²) in [6, 6.07) is 12.8. The molecule has 3 aromatic rings. The SMILES string of the molecule is COc1ccc(-n2nc(C(F)(F)F)c3c2C(=O)N(c2ccc(N(C)C=NS(C)(=O)=O)cc2)CC3)cc1. The number of rotatable bonds is 6. The van der Waals surface area contributed by atoms with Crippen LogP contribution >= 0.6 is 0 Å². The van der Waals surface area contributed by atoms with Gasteiger partial charge in [0.05, 0.1) is 19.1 Å². The van der Waals surface area contributed by atoms with Crippen LogP contribution in [0.1, 0.15) is 21.7 Å². The summed E-state index contributed by atoms with van der Waals surface area (Å²) in [5, 5.41) is 3.78. The van der Waals surface area contributed by atoms with E-state index >= 15 is 0 Å². The number of aromatic nitrogens is 2. The summed E-state index contributed by atoms with van der Waals surface area (Å²) in [7, 11) is -0.475. The number of sulfonamides is 1. The fraction of sp³-hybridized carbons (Fsp3) is 0.261. The number of amides is 1. The monoisotopic (exact) mass is 521 g/mol. The molecule has 0 unspecified atom stereocenters. The molecule has 0 atom stereocenters. The van der Waals surface area contributed by atoms with Crippen LogP contribution in [-0.4, -0.2) is 57.4 Å². The lowest BCUT2D eigenvalue weighted by atomic mass is 10.0. The minimum absolute atomic E-state index is 0.0330. The highest BCUT2D eigenvalue weighted by molar-refractivity contribution is 7.89. The summed E-state index contributed by atoms with van der Waals surface area (Å²) in [6.07, 6.45) is -2.63. The first-order valence-electron chi connectivity index (χ1n) is 10.6. The maximum absolute atomic E-state index is 13.8. The molecule has 190 valence electrons. The number of hydrogen-bond acceptors (Lipinski definition) is 5. The molecule has 1 aliphatic rings. The van der Waals surface area contributed by atoms with Crippen LogP contribution in [-0.2, 0) is 22.6 Å². The molecule has 0 bridgehead atoms. The van der Waals surface area contributed by atoms with Gasteiger partial charge < -0.3 is 14.5 Å². The van der Waals surface area contributed by atoms with Gasteiger partial charge >= 0.3 is 6.18 Å². The Morgan fingerprint density at radius 2 is 1.69 bits per heavy atom. The van der Waals surface area contributed by atoms with Crippen molar-refractivity contribution in [1.29, 1.82) is 0 Å². The van der Waals surface area contributed by atoms with E-state index in [1.807, 2.05) is 0 Å². The molecule has 1 aliphatic heterocycles. The third kappa shape index (κ3) is 5.05. The zero-order chi connectivity index (χ0) is 26.3. The van der Waals surface area contributed by atoms with Crippen molar-refractivity contribution in [1.82, 2.24) is 9.78 Å². The number of carbonyl (C=O) groups is 1. The number of fused-ring (bicyclic) bond motifs is 1. The quantitative estimate of drug-likeness (QED) is 0.364. The Balaban J connectivity index is 1.70. The van der Waals surface area contributed by atoms with Crippen LogP contribution in [0.15, 0.2) is 52.9 Å². The lowest BCUT2D eigenvalue weighted by Crippen LogP contribution is -2.39. The fourth-order valence-corrected chi connectivity index (χ4v) is 4.15. The van der Waals surface area contributed by atoms with Gasteiger partial charge in [0, 0.05) is 30.5 Å². The van der Waals surface area contributed by atoms with Crippen molar-refractivity contribution in [2.24, 2.45) is 4.40 Å². The van der Waals surface area contributed by atoms with E-state index in [0.29, 0.717) is 22.8 Å². The van der Waals surface area contributed by atoms with Crippen molar-refractivity contribution in [2.75, 3.05) is 36.8 Å². The van der Waals surface area contributed by atoms with Crippen LogP contribution < -0.4 is 14.5 Å². The standard InChI is InChI=1S/C23H22F3N5O4S/c1-29(14-27-36(3,33)34)15-4-6-16(7-5-15)30-13-12-19-20(22(30)32)31(28-21(19)23(24,25)26)17-8-10-18(35-2)11-9-17/h4-11,14H,12-13H2,1-3H3. The van der Waals surface area contributed by atoms with Crippen LogP contribution in [0.25, 0.3) is 5.69 Å². The second-order valence-electron chi connectivity index (χ2n) is 8.07. The molecule has 9 nitrogen and oxygen atoms in total. The Bertz CT molecular complexity index is 1420. The first-order valence-corrected chi connectivity index (χ1v) is 12.5. The predicted molar refractivity (Wildman–Crippen MR) is 129 cm³/mol. The van der Waals surface area contributed by atoms with E-state index in [1.54, 1.807) is 43.4 Å². The van der Waals surface area contributed by atoms with Gasteiger partial charge in [-0.3, -0.25) is 4.79 Å². The number of hydrogen-bond donors (Lipinski definition) is 0. The Labute approximate surface area is 205 Å². The van der Waals surface area contributed by atoms with E-state index in [1.165, 1.54) is 29.0 Å². The molecular weight excluding hydrogens is 499 g/mol. The van der Waals surface area contributed by atoms with Crippen LogP contribution in [0.4, 0.5) is 24.5 Å². The molecule has 2 heterocycles. The Hall–Kier alpha value is -3.87. The van der Waals surface area contributed by atoms with E-state index < -0.39 is 27.8 Å². The Morgan fingerprint density at radius 1 is 1.08 bits per heavy atom. The van der Waals surface area contributed by atoms with Crippen LogP contribution in [0.2, 0.25) is 0 Å². The second-order valence-corrected chi connectivity index (χ2v) is 9.75. The van der Waals surface area contributed by atoms with Gasteiger partial charge in [-0.1, -0.05) is 0 Å². The molecule has 36 heavy (non-hydrogen) atoms. The number of ether oxygens (including phenoxy) is 1. The normalized spacial score (nSPS) is 14.3. The lowest BCUT2D eigenvalue weighted by molar-refractivity contribution is -0.141. The van der Waals surface area contributed by atoms with Crippen molar-refractivity contribution >= 4 is 33.6 Å². The highest BCUT2D eigenvalue weighted by atomic mass is 32.2. The Morgan fingerprint density at radius 3 is 2.25 bits per heavy atom. The van der Waals surface area contributed by atoms with Gasteiger partial charge in [0.15, 0.2) is 5.69 Å². The molecule has 13 heteroatoms. The maximum Gasteiger partial charge on any atom is 0.435 e. The predicted octanol–water partition coefficient (Wildman–Crippen LogP) is 3.53. The van der Waals surface area contributed by atoms with E-state index in [9.17, 15) is 26.4 Å². The van der Waals surface area contributed by atoms with E-state index in [0.717, 1.165) is 17.3 Å². The zero-order valence-corrected chi connectivity index (χ0v) is 20.3. The number of halogens is 3. The fourth-order valence-electron chi connectivity index (χ4n) is 3.83. The highest BCUT2D eigenvalue weighted by Crippen LogP contribution is 2.37. The first-order chi connectivity index (χ1) is 16.9. The molecule has 0 saturated carbocycles. The molecule has 1 aromatic heterocycles. The summed E-state index contributed by atoms with van der Waals surface area (Å²) in [5.74, 6) is -0.106. The van der Waals surface area contributed by atoms with Crippen LogP contribution in [0.3, 0.4) is 0 Å². The minimum atomic E-state index is -4.72. The molecule has 2 aromatic carbocycles. The molecule has 0 radical (unpaired) electrons. The molecule has 0 N–H and O–H groups in total. The Kier molecular flexibility index (Phi) is 6.52. The molecule has 0 saturated heterocycles. The third-order valence-electron chi connectivity index (χ3n) is 5.58. The minimum Gasteiger partial charge on any atom is -0.497 e. The first kappa shape index (κ1) is 25.2.